The molecule has 2 aromatic carbocycles. The summed E-state index contributed by atoms with van der Waals surface area (Å²) in [4.78, 5) is 7.27. The predicted molar refractivity (Wildman–Crippen MR) is 111 cm³/mol. The number of anilines is 1. The summed E-state index contributed by atoms with van der Waals surface area (Å²) in [5, 5.41) is 2.76. The number of benzene rings is 2. The molecule has 1 aliphatic heterocycles. The zero-order valence-corrected chi connectivity index (χ0v) is 16.0. The van der Waals surface area contributed by atoms with E-state index in [4.69, 9.17) is 4.98 Å². The van der Waals surface area contributed by atoms with Crippen LogP contribution in [0.2, 0.25) is 0 Å². The predicted octanol–water partition coefficient (Wildman–Crippen LogP) is 5.63. The molecule has 0 N–H and O–H groups in total. The van der Waals surface area contributed by atoms with Crippen LogP contribution in [0.4, 0.5) is 5.69 Å². The van der Waals surface area contributed by atoms with Gasteiger partial charge < -0.3 is 4.90 Å². The number of rotatable bonds is 4. The van der Waals surface area contributed by atoms with Gasteiger partial charge in [-0.2, -0.15) is 0 Å². The van der Waals surface area contributed by atoms with Crippen LogP contribution in [0.15, 0.2) is 48.7 Å². The molecule has 0 atom stereocenters. The molecule has 1 fully saturated rings. The number of pyridine rings is 1. The summed E-state index contributed by atoms with van der Waals surface area (Å²) in [6, 6.07) is 15.6. The molecule has 0 bridgehead atoms. The molecule has 4 rings (SSSR count). The van der Waals surface area contributed by atoms with E-state index in [0.717, 1.165) is 12.8 Å². The van der Waals surface area contributed by atoms with Crippen LogP contribution in [0.25, 0.3) is 10.8 Å². The molecule has 0 amide bonds. The maximum absolute atomic E-state index is 4.72. The van der Waals surface area contributed by atoms with Gasteiger partial charge in [-0.25, -0.2) is 0 Å². The average Bonchev–Trinajstić information content (AvgIpc) is 2.69. The number of aryl methyl sites for hydroxylation is 4. The van der Waals surface area contributed by atoms with Gasteiger partial charge in [0.25, 0.3) is 0 Å². The van der Waals surface area contributed by atoms with Crippen molar-refractivity contribution in [3.63, 3.8) is 0 Å². The third kappa shape index (κ3) is 3.46. The van der Waals surface area contributed by atoms with E-state index in [1.54, 1.807) is 0 Å². The molecular weight excluding hydrogens is 316 g/mol. The van der Waals surface area contributed by atoms with E-state index in [-0.39, 0.29) is 0 Å². The minimum atomic E-state index is 0.994. The molecule has 2 heteroatoms. The standard InChI is InChI=1S/C24H28N2/c1-18-10-11-20(23-9-5-4-8-22(18)23)12-13-21-16-24(19(2)17-25-21)26-14-6-3-7-15-26/h4-5,8-11,16-17H,3,6-7,12-15H2,1-2H3. The second-order valence-electron chi connectivity index (χ2n) is 7.60. The lowest BCUT2D eigenvalue weighted by Gasteiger charge is -2.30. The van der Waals surface area contributed by atoms with Crippen molar-refractivity contribution in [2.45, 2.75) is 46.0 Å². The van der Waals surface area contributed by atoms with E-state index in [1.807, 2.05) is 0 Å². The Bertz CT molecular complexity index is 907. The number of nitrogens with zero attached hydrogens (tertiary/aromatic N) is 2. The fraction of sp³-hybridized carbons (Fsp3) is 0.375. The lowest BCUT2D eigenvalue weighted by molar-refractivity contribution is 0.576. The van der Waals surface area contributed by atoms with Gasteiger partial charge in [-0.3, -0.25) is 4.98 Å². The van der Waals surface area contributed by atoms with E-state index in [2.05, 4.69) is 67.4 Å². The summed E-state index contributed by atoms with van der Waals surface area (Å²) in [6.45, 7) is 6.76. The van der Waals surface area contributed by atoms with Gasteiger partial charge in [-0.05, 0) is 79.5 Å². The fourth-order valence-electron chi connectivity index (χ4n) is 4.16. The molecule has 0 radical (unpaired) electrons. The van der Waals surface area contributed by atoms with Crippen LogP contribution in [0.1, 0.15) is 41.6 Å². The largest absolute Gasteiger partial charge is 0.371 e. The summed E-state index contributed by atoms with van der Waals surface area (Å²) < 4.78 is 0. The van der Waals surface area contributed by atoms with Gasteiger partial charge in [0.15, 0.2) is 0 Å². The first-order chi connectivity index (χ1) is 12.7. The Morgan fingerprint density at radius 3 is 2.42 bits per heavy atom. The highest BCUT2D eigenvalue weighted by Gasteiger charge is 2.14. The van der Waals surface area contributed by atoms with E-state index >= 15 is 0 Å². The van der Waals surface area contributed by atoms with Crippen LogP contribution in [0, 0.1) is 13.8 Å². The molecule has 1 aliphatic rings. The normalized spacial score (nSPS) is 14.8. The van der Waals surface area contributed by atoms with Crippen LogP contribution in [-0.2, 0) is 12.8 Å². The number of fused-ring (bicyclic) bond motifs is 1. The van der Waals surface area contributed by atoms with Crippen molar-refractivity contribution in [2.75, 3.05) is 18.0 Å². The molecule has 2 heterocycles. The second-order valence-corrected chi connectivity index (χ2v) is 7.60. The Kier molecular flexibility index (Phi) is 4.92. The molecule has 0 unspecified atom stereocenters. The van der Waals surface area contributed by atoms with Gasteiger partial charge in [0.05, 0.1) is 0 Å². The van der Waals surface area contributed by atoms with Crippen molar-refractivity contribution >= 4 is 16.5 Å². The third-order valence-corrected chi connectivity index (χ3v) is 5.71. The van der Waals surface area contributed by atoms with E-state index in [9.17, 15) is 0 Å². The van der Waals surface area contributed by atoms with Gasteiger partial charge >= 0.3 is 0 Å². The van der Waals surface area contributed by atoms with E-state index in [0.29, 0.717) is 0 Å². The minimum absolute atomic E-state index is 0.994. The highest BCUT2D eigenvalue weighted by Crippen LogP contribution is 2.26. The molecule has 1 saturated heterocycles. The molecule has 0 aliphatic carbocycles. The van der Waals surface area contributed by atoms with E-state index < -0.39 is 0 Å². The maximum atomic E-state index is 4.72. The van der Waals surface area contributed by atoms with Crippen molar-refractivity contribution in [1.82, 2.24) is 4.98 Å². The first kappa shape index (κ1) is 17.1. The molecule has 0 spiro atoms. The SMILES string of the molecule is Cc1cnc(CCc2ccc(C)c3ccccc23)cc1N1CCCCC1. The summed E-state index contributed by atoms with van der Waals surface area (Å²) in [7, 11) is 0. The van der Waals surface area contributed by atoms with Gasteiger partial charge in [0.2, 0.25) is 0 Å². The smallest absolute Gasteiger partial charge is 0.0429 e. The molecule has 3 aromatic rings. The Labute approximate surface area is 156 Å². The fourth-order valence-corrected chi connectivity index (χ4v) is 4.16. The molecule has 26 heavy (non-hydrogen) atoms. The van der Waals surface area contributed by atoms with Crippen LogP contribution < -0.4 is 4.90 Å². The van der Waals surface area contributed by atoms with Gasteiger partial charge in [0.1, 0.15) is 0 Å². The van der Waals surface area contributed by atoms with Crippen molar-refractivity contribution in [2.24, 2.45) is 0 Å². The zero-order valence-electron chi connectivity index (χ0n) is 16.0. The van der Waals surface area contributed by atoms with Gasteiger partial charge in [-0.15, -0.1) is 0 Å². The number of hydrogen-bond donors (Lipinski definition) is 0. The van der Waals surface area contributed by atoms with Crippen LogP contribution in [0.3, 0.4) is 0 Å². The monoisotopic (exact) mass is 344 g/mol. The highest BCUT2D eigenvalue weighted by molar-refractivity contribution is 5.88. The molecular formula is C24H28N2. The molecule has 2 nitrogen and oxygen atoms in total. The van der Waals surface area contributed by atoms with Gasteiger partial charge in [-0.1, -0.05) is 36.4 Å². The number of piperidine rings is 1. The van der Waals surface area contributed by atoms with Crippen molar-refractivity contribution in [3.05, 3.63) is 71.0 Å². The van der Waals surface area contributed by atoms with Crippen molar-refractivity contribution in [1.29, 1.82) is 0 Å². The quantitative estimate of drug-likeness (QED) is 0.610. The van der Waals surface area contributed by atoms with Crippen molar-refractivity contribution < 1.29 is 0 Å². The Morgan fingerprint density at radius 2 is 1.62 bits per heavy atom. The Balaban J connectivity index is 1.56. The van der Waals surface area contributed by atoms with E-state index in [1.165, 1.54) is 71.2 Å². The third-order valence-electron chi connectivity index (χ3n) is 5.71. The number of hydrogen-bond acceptors (Lipinski definition) is 2. The summed E-state index contributed by atoms with van der Waals surface area (Å²) >= 11 is 0. The van der Waals surface area contributed by atoms with Gasteiger partial charge in [0, 0.05) is 30.7 Å². The Hall–Kier alpha value is -2.35. The van der Waals surface area contributed by atoms with Crippen LogP contribution >= 0.6 is 0 Å². The lowest BCUT2D eigenvalue weighted by atomic mass is 9.97. The summed E-state index contributed by atoms with van der Waals surface area (Å²) in [6.07, 6.45) is 8.09. The number of aromatic nitrogens is 1. The van der Waals surface area contributed by atoms with Crippen molar-refractivity contribution in [3.8, 4) is 0 Å². The zero-order chi connectivity index (χ0) is 17.9. The first-order valence-corrected chi connectivity index (χ1v) is 9.90. The molecule has 0 saturated carbocycles. The topological polar surface area (TPSA) is 16.1 Å². The molecule has 1 aromatic heterocycles. The second kappa shape index (κ2) is 7.49. The molecule has 134 valence electrons. The average molecular weight is 345 g/mol. The Morgan fingerprint density at radius 1 is 0.846 bits per heavy atom. The summed E-state index contributed by atoms with van der Waals surface area (Å²) in [5.41, 5.74) is 6.68. The highest BCUT2D eigenvalue weighted by atomic mass is 15.1. The van der Waals surface area contributed by atoms with Crippen LogP contribution in [0.5, 0.6) is 0 Å². The van der Waals surface area contributed by atoms with Crippen LogP contribution in [-0.4, -0.2) is 18.1 Å². The first-order valence-electron chi connectivity index (χ1n) is 9.90. The maximum Gasteiger partial charge on any atom is 0.0429 e. The minimum Gasteiger partial charge on any atom is -0.371 e. The lowest BCUT2D eigenvalue weighted by Crippen LogP contribution is -2.30. The summed E-state index contributed by atoms with van der Waals surface area (Å²) in [5.74, 6) is 0.